The van der Waals surface area contributed by atoms with Gasteiger partial charge in [-0.1, -0.05) is 164 Å². The van der Waals surface area contributed by atoms with Crippen molar-refractivity contribution in [2.75, 3.05) is 6.54 Å². The van der Waals surface area contributed by atoms with Crippen LogP contribution >= 0.6 is 0 Å². The zero-order valence-corrected chi connectivity index (χ0v) is 25.3. The smallest absolute Gasteiger partial charge is 0.300 e. The van der Waals surface area contributed by atoms with Crippen molar-refractivity contribution in [3.63, 3.8) is 0 Å². The van der Waals surface area contributed by atoms with E-state index in [-0.39, 0.29) is 18.0 Å². The lowest BCUT2D eigenvalue weighted by molar-refractivity contribution is -0.134. The maximum Gasteiger partial charge on any atom is 0.300 e. The molecule has 0 unspecified atom stereocenters. The second-order valence-corrected chi connectivity index (χ2v) is 10.4. The Bertz CT molecular complexity index is 798. The van der Waals surface area contributed by atoms with Crippen molar-refractivity contribution in [2.24, 2.45) is 5.73 Å². The minimum atomic E-state index is -0.833. The first-order chi connectivity index (χ1) is 19.4. The van der Waals surface area contributed by atoms with Crippen molar-refractivity contribution < 1.29 is 19.5 Å². The number of nitrogens with two attached hydrogens (primary N) is 1. The number of carboxylic acid groups (broad SMARTS) is 1. The van der Waals surface area contributed by atoms with Crippen molar-refractivity contribution in [2.45, 2.75) is 123 Å². The molecule has 0 radical (unpaired) electrons. The number of carbonyl (C=O) groups excluding carboxylic acids is 2. The summed E-state index contributed by atoms with van der Waals surface area (Å²) >= 11 is 0. The molecule has 0 amide bonds. The van der Waals surface area contributed by atoms with Gasteiger partial charge in [-0.3, -0.25) is 14.4 Å². The summed E-state index contributed by atoms with van der Waals surface area (Å²) in [4.78, 5) is 32.6. The molecule has 0 spiro atoms. The highest BCUT2D eigenvalue weighted by Gasteiger charge is 2.12. The Morgan fingerprint density at radius 1 is 0.550 bits per heavy atom. The highest BCUT2D eigenvalue weighted by Crippen LogP contribution is 2.13. The topological polar surface area (TPSA) is 97.5 Å². The third kappa shape index (κ3) is 24.3. The molecule has 5 heteroatoms. The van der Waals surface area contributed by atoms with Gasteiger partial charge in [0.05, 0.1) is 6.42 Å². The van der Waals surface area contributed by atoms with Gasteiger partial charge in [-0.2, -0.15) is 0 Å². The third-order valence-electron chi connectivity index (χ3n) is 6.57. The zero-order valence-electron chi connectivity index (χ0n) is 25.3. The largest absolute Gasteiger partial charge is 0.481 e. The molecule has 0 aliphatic carbocycles. The highest BCUT2D eigenvalue weighted by molar-refractivity contribution is 6.13. The van der Waals surface area contributed by atoms with Gasteiger partial charge in [0, 0.05) is 18.1 Å². The molecule has 0 heterocycles. The summed E-state index contributed by atoms with van der Waals surface area (Å²) in [5, 5.41) is 7.42. The van der Waals surface area contributed by atoms with Crippen LogP contribution in [0, 0.1) is 0 Å². The average Bonchev–Trinajstić information content (AvgIpc) is 2.96. The van der Waals surface area contributed by atoms with E-state index in [0.717, 1.165) is 13.5 Å². The van der Waals surface area contributed by atoms with E-state index in [1.165, 1.54) is 103 Å². The second kappa shape index (κ2) is 27.8. The van der Waals surface area contributed by atoms with Crippen LogP contribution in [-0.4, -0.2) is 29.2 Å². The molecule has 5 nitrogen and oxygen atoms in total. The van der Waals surface area contributed by atoms with E-state index in [1.807, 2.05) is 12.1 Å². The SMILES string of the molecule is CC(=O)O.CCCCCCCCCCCCCCCCCCN.O=C(CC(=O)c1ccccc1)c1ccccc1. The van der Waals surface area contributed by atoms with Gasteiger partial charge in [0.15, 0.2) is 11.6 Å². The van der Waals surface area contributed by atoms with Gasteiger partial charge in [-0.15, -0.1) is 0 Å². The lowest BCUT2D eigenvalue weighted by Crippen LogP contribution is -2.08. The van der Waals surface area contributed by atoms with Gasteiger partial charge in [-0.25, -0.2) is 0 Å². The molecule has 0 aliphatic heterocycles. The van der Waals surface area contributed by atoms with Crippen LogP contribution in [0.4, 0.5) is 0 Å². The molecule has 0 fully saturated rings. The van der Waals surface area contributed by atoms with E-state index in [2.05, 4.69) is 6.92 Å². The van der Waals surface area contributed by atoms with E-state index in [4.69, 9.17) is 15.6 Å². The Balaban J connectivity index is 0.000000672. The summed E-state index contributed by atoms with van der Waals surface area (Å²) in [6, 6.07) is 17.7. The summed E-state index contributed by atoms with van der Waals surface area (Å²) in [5.41, 5.74) is 6.64. The van der Waals surface area contributed by atoms with E-state index >= 15 is 0 Å². The van der Waals surface area contributed by atoms with Gasteiger partial charge >= 0.3 is 0 Å². The van der Waals surface area contributed by atoms with Crippen LogP contribution in [0.1, 0.15) is 144 Å². The van der Waals surface area contributed by atoms with Crippen molar-refractivity contribution in [3.05, 3.63) is 71.8 Å². The molecule has 0 bridgehead atoms. The molecule has 40 heavy (non-hydrogen) atoms. The van der Waals surface area contributed by atoms with Crippen molar-refractivity contribution in [1.82, 2.24) is 0 Å². The number of aliphatic carboxylic acids is 1. The van der Waals surface area contributed by atoms with Gasteiger partial charge < -0.3 is 10.8 Å². The first-order valence-electron chi connectivity index (χ1n) is 15.5. The normalized spacial score (nSPS) is 10.1. The monoisotopic (exact) mass is 553 g/mol. The van der Waals surface area contributed by atoms with Crippen LogP contribution in [-0.2, 0) is 4.79 Å². The number of benzene rings is 2. The van der Waals surface area contributed by atoms with Crippen molar-refractivity contribution in [3.8, 4) is 0 Å². The number of hydrogen-bond donors (Lipinski definition) is 2. The average molecular weight is 554 g/mol. The number of Topliss-reactive ketones (excluding diaryl/α,β-unsaturated/α-hetero) is 2. The van der Waals surface area contributed by atoms with Crippen molar-refractivity contribution >= 4 is 17.5 Å². The number of unbranched alkanes of at least 4 members (excludes halogenated alkanes) is 15. The summed E-state index contributed by atoms with van der Waals surface area (Å²) < 4.78 is 0. The highest BCUT2D eigenvalue weighted by atomic mass is 16.4. The fourth-order valence-electron chi connectivity index (χ4n) is 4.29. The van der Waals surface area contributed by atoms with E-state index in [1.54, 1.807) is 48.5 Å². The first-order valence-corrected chi connectivity index (χ1v) is 15.5. The molecule has 0 saturated carbocycles. The van der Waals surface area contributed by atoms with Crippen molar-refractivity contribution in [1.29, 1.82) is 0 Å². The van der Waals surface area contributed by atoms with E-state index in [9.17, 15) is 9.59 Å². The number of rotatable bonds is 20. The van der Waals surface area contributed by atoms with E-state index in [0.29, 0.717) is 11.1 Å². The standard InChI is InChI=1S/C18H39N.C15H12O2.C2H4O2/c1-2-3-4-5-6-7-8-9-10-11-12-13-14-15-16-17-18-19;16-14(12-7-3-1-4-8-12)11-15(17)13-9-5-2-6-10-13;1-2(3)4/h2-19H2,1H3;1-10H,11H2;1H3,(H,3,4). The molecule has 2 aromatic rings. The minimum absolute atomic E-state index is 0.0754. The number of ketones is 2. The lowest BCUT2D eigenvalue weighted by Gasteiger charge is -2.03. The van der Waals surface area contributed by atoms with Crippen LogP contribution in [0.3, 0.4) is 0 Å². The Morgan fingerprint density at radius 3 is 1.10 bits per heavy atom. The summed E-state index contributed by atoms with van der Waals surface area (Å²) in [6.45, 7) is 4.25. The van der Waals surface area contributed by atoms with Crippen LogP contribution in [0.5, 0.6) is 0 Å². The molecule has 224 valence electrons. The van der Waals surface area contributed by atoms with Gasteiger partial charge in [0.2, 0.25) is 0 Å². The maximum atomic E-state index is 11.8. The number of hydrogen-bond acceptors (Lipinski definition) is 4. The quantitative estimate of drug-likeness (QED) is 0.0966. The molecule has 2 aromatic carbocycles. The fourth-order valence-corrected chi connectivity index (χ4v) is 4.29. The predicted octanol–water partition coefficient (Wildman–Crippen LogP) is 9.44. The van der Waals surface area contributed by atoms with Gasteiger partial charge in [-0.05, 0) is 13.0 Å². The Kier molecular flexibility index (Phi) is 25.8. The zero-order chi connectivity index (χ0) is 29.7. The Labute approximate surface area is 244 Å². The lowest BCUT2D eigenvalue weighted by atomic mass is 10.0. The third-order valence-corrected chi connectivity index (χ3v) is 6.57. The molecular weight excluding hydrogens is 498 g/mol. The molecule has 3 N–H and O–H groups in total. The summed E-state index contributed by atoms with van der Waals surface area (Å²) in [6.07, 6.45) is 22.8. The van der Waals surface area contributed by atoms with Gasteiger partial charge in [0.1, 0.15) is 0 Å². The predicted molar refractivity (Wildman–Crippen MR) is 168 cm³/mol. The van der Waals surface area contributed by atoms with E-state index < -0.39 is 5.97 Å². The maximum absolute atomic E-state index is 11.8. The van der Waals surface area contributed by atoms with Crippen LogP contribution in [0.25, 0.3) is 0 Å². The minimum Gasteiger partial charge on any atom is -0.481 e. The Hall–Kier alpha value is -2.79. The Morgan fingerprint density at radius 2 is 0.825 bits per heavy atom. The molecule has 2 rings (SSSR count). The van der Waals surface area contributed by atoms with Crippen LogP contribution < -0.4 is 5.73 Å². The fraction of sp³-hybridized carbons (Fsp3) is 0.571. The summed E-state index contributed by atoms with van der Waals surface area (Å²) in [7, 11) is 0. The molecule has 0 atom stereocenters. The number of carbonyl (C=O) groups is 3. The molecule has 0 aliphatic rings. The van der Waals surface area contributed by atoms with Crippen LogP contribution in [0.2, 0.25) is 0 Å². The van der Waals surface area contributed by atoms with Crippen LogP contribution in [0.15, 0.2) is 60.7 Å². The van der Waals surface area contributed by atoms with Gasteiger partial charge in [0.25, 0.3) is 5.97 Å². The number of carboxylic acids is 1. The second-order valence-electron chi connectivity index (χ2n) is 10.4. The molecule has 0 aromatic heterocycles. The molecular formula is C35H55NO4. The summed E-state index contributed by atoms with van der Waals surface area (Å²) in [5.74, 6) is -1.11. The first kappa shape index (κ1) is 37.2. The molecule has 0 saturated heterocycles.